The Balaban J connectivity index is 1.90. The highest BCUT2D eigenvalue weighted by Crippen LogP contribution is 2.38. The van der Waals surface area contributed by atoms with Crippen molar-refractivity contribution in [3.8, 4) is 0 Å². The molecule has 1 heterocycles. The lowest BCUT2D eigenvalue weighted by Crippen LogP contribution is -2.41. The van der Waals surface area contributed by atoms with Crippen LogP contribution in [0, 0.1) is 10.1 Å². The van der Waals surface area contributed by atoms with Crippen LogP contribution in [0.25, 0.3) is 0 Å². The third-order valence-electron chi connectivity index (χ3n) is 4.13. The smallest absolute Gasteiger partial charge is 0.292 e. The van der Waals surface area contributed by atoms with Crippen LogP contribution in [-0.4, -0.2) is 23.0 Å². The fourth-order valence-corrected chi connectivity index (χ4v) is 3.61. The Kier molecular flexibility index (Phi) is 3.22. The summed E-state index contributed by atoms with van der Waals surface area (Å²) >= 11 is 3.38. The van der Waals surface area contributed by atoms with Gasteiger partial charge in [0.15, 0.2) is 0 Å². The maximum atomic E-state index is 11.1. The molecule has 5 nitrogen and oxygen atoms in total. The molecule has 1 aliphatic carbocycles. The molecule has 0 radical (unpaired) electrons. The summed E-state index contributed by atoms with van der Waals surface area (Å²) < 4.78 is 0.857. The van der Waals surface area contributed by atoms with E-state index in [0.29, 0.717) is 11.7 Å². The molecule has 2 unspecified atom stereocenters. The predicted molar refractivity (Wildman–Crippen MR) is 77.4 cm³/mol. The third-order valence-corrected chi connectivity index (χ3v) is 4.62. The van der Waals surface area contributed by atoms with Crippen molar-refractivity contribution in [2.75, 3.05) is 11.9 Å². The molecular weight excluding hydrogens is 310 g/mol. The van der Waals surface area contributed by atoms with Gasteiger partial charge in [-0.3, -0.25) is 10.1 Å². The van der Waals surface area contributed by atoms with Gasteiger partial charge in [0, 0.05) is 23.1 Å². The van der Waals surface area contributed by atoms with Crippen LogP contribution in [0.3, 0.4) is 0 Å². The number of anilines is 1. The molecule has 2 atom stereocenters. The number of fused-ring (bicyclic) bond motifs is 2. The van der Waals surface area contributed by atoms with Crippen molar-refractivity contribution in [3.63, 3.8) is 0 Å². The van der Waals surface area contributed by atoms with Gasteiger partial charge in [0.25, 0.3) is 5.69 Å². The normalized spacial score (nSPS) is 29.2. The number of nitrogens with one attached hydrogen (secondary N) is 2. The summed E-state index contributed by atoms with van der Waals surface area (Å²) in [6, 6.07) is 5.62. The molecule has 1 aliphatic heterocycles. The van der Waals surface area contributed by atoms with Crippen molar-refractivity contribution >= 4 is 27.3 Å². The Morgan fingerprint density at radius 1 is 1.53 bits per heavy atom. The fourth-order valence-electron chi connectivity index (χ4n) is 3.25. The molecule has 6 heteroatoms. The van der Waals surface area contributed by atoms with Crippen LogP contribution >= 0.6 is 15.9 Å². The Morgan fingerprint density at radius 2 is 2.37 bits per heavy atom. The van der Waals surface area contributed by atoms with Crippen LogP contribution in [0.15, 0.2) is 22.7 Å². The second-order valence-corrected chi connectivity index (χ2v) is 6.41. The highest BCUT2D eigenvalue weighted by molar-refractivity contribution is 9.10. The minimum atomic E-state index is -0.325. The average molecular weight is 326 g/mol. The van der Waals surface area contributed by atoms with E-state index in [0.717, 1.165) is 23.9 Å². The maximum Gasteiger partial charge on any atom is 0.292 e. The van der Waals surface area contributed by atoms with Crippen molar-refractivity contribution < 1.29 is 4.92 Å². The lowest BCUT2D eigenvalue weighted by atomic mass is 9.83. The number of nitro benzene ring substituents is 1. The molecule has 1 aromatic carbocycles. The van der Waals surface area contributed by atoms with Gasteiger partial charge in [-0.25, -0.2) is 0 Å². The number of halogens is 1. The van der Waals surface area contributed by atoms with E-state index < -0.39 is 0 Å². The number of nitrogens with zero attached hydrogens (tertiary/aromatic N) is 1. The molecule has 102 valence electrons. The second kappa shape index (κ2) is 4.76. The SMILES string of the molecule is O=[N+]([O-])c1ccc(Br)cc1NC12CCCC(C1)NC2. The zero-order valence-corrected chi connectivity index (χ0v) is 12.1. The molecule has 1 aromatic rings. The van der Waals surface area contributed by atoms with Gasteiger partial charge in [0.2, 0.25) is 0 Å². The topological polar surface area (TPSA) is 67.2 Å². The minimum Gasteiger partial charge on any atom is -0.373 e. The molecule has 19 heavy (non-hydrogen) atoms. The number of nitro groups is 1. The molecule has 1 saturated heterocycles. The van der Waals surface area contributed by atoms with Crippen LogP contribution in [0.4, 0.5) is 11.4 Å². The van der Waals surface area contributed by atoms with E-state index in [2.05, 4.69) is 26.6 Å². The zero-order valence-electron chi connectivity index (χ0n) is 10.5. The van der Waals surface area contributed by atoms with Crippen molar-refractivity contribution in [2.24, 2.45) is 0 Å². The van der Waals surface area contributed by atoms with Crippen molar-refractivity contribution in [1.82, 2.24) is 5.32 Å². The molecule has 0 amide bonds. The summed E-state index contributed by atoms with van der Waals surface area (Å²) in [7, 11) is 0. The first-order valence-electron chi connectivity index (χ1n) is 6.54. The van der Waals surface area contributed by atoms with Crippen LogP contribution in [-0.2, 0) is 0 Å². The van der Waals surface area contributed by atoms with Crippen LogP contribution in [0.5, 0.6) is 0 Å². The van der Waals surface area contributed by atoms with Crippen molar-refractivity contribution in [1.29, 1.82) is 0 Å². The van der Waals surface area contributed by atoms with Crippen molar-refractivity contribution in [3.05, 3.63) is 32.8 Å². The first kappa shape index (κ1) is 12.9. The van der Waals surface area contributed by atoms with Gasteiger partial charge in [-0.15, -0.1) is 0 Å². The van der Waals surface area contributed by atoms with E-state index in [-0.39, 0.29) is 16.1 Å². The van der Waals surface area contributed by atoms with Gasteiger partial charge >= 0.3 is 0 Å². The highest BCUT2D eigenvalue weighted by atomic mass is 79.9. The standard InChI is InChI=1S/C13H16BrN3O2/c14-9-3-4-12(17(18)19)11(6-9)16-13-5-1-2-10(7-13)15-8-13/h3-4,6,10,15-16H,1-2,5,7-8H2. The summed E-state index contributed by atoms with van der Waals surface area (Å²) in [6.45, 7) is 0.890. The monoisotopic (exact) mass is 325 g/mol. The molecule has 2 bridgehead atoms. The predicted octanol–water partition coefficient (Wildman–Crippen LogP) is 3.05. The minimum absolute atomic E-state index is 0.0194. The summed E-state index contributed by atoms with van der Waals surface area (Å²) in [5.41, 5.74) is 0.740. The first-order valence-corrected chi connectivity index (χ1v) is 7.33. The summed E-state index contributed by atoms with van der Waals surface area (Å²) in [6.07, 6.45) is 4.51. The molecule has 1 saturated carbocycles. The molecule has 3 rings (SSSR count). The third kappa shape index (κ3) is 2.47. The van der Waals surface area contributed by atoms with Gasteiger partial charge < -0.3 is 10.6 Å². The molecular formula is C13H16BrN3O2. The van der Waals surface area contributed by atoms with E-state index in [4.69, 9.17) is 0 Å². The fraction of sp³-hybridized carbons (Fsp3) is 0.538. The maximum absolute atomic E-state index is 11.1. The van der Waals surface area contributed by atoms with E-state index >= 15 is 0 Å². The van der Waals surface area contributed by atoms with E-state index in [1.807, 2.05) is 0 Å². The molecule has 2 N–H and O–H groups in total. The van der Waals surface area contributed by atoms with Crippen LogP contribution in [0.2, 0.25) is 0 Å². The van der Waals surface area contributed by atoms with Gasteiger partial charge in [0.1, 0.15) is 5.69 Å². The quantitative estimate of drug-likeness (QED) is 0.662. The lowest BCUT2D eigenvalue weighted by molar-refractivity contribution is -0.384. The van der Waals surface area contributed by atoms with Crippen LogP contribution < -0.4 is 10.6 Å². The zero-order chi connectivity index (χ0) is 13.5. The van der Waals surface area contributed by atoms with Crippen LogP contribution in [0.1, 0.15) is 25.7 Å². The Bertz CT molecular complexity index is 519. The number of rotatable bonds is 3. The summed E-state index contributed by atoms with van der Waals surface area (Å²) in [4.78, 5) is 10.8. The summed E-state index contributed by atoms with van der Waals surface area (Å²) in [5.74, 6) is 0. The molecule has 2 aliphatic rings. The van der Waals surface area contributed by atoms with Crippen molar-refractivity contribution in [2.45, 2.75) is 37.3 Å². The van der Waals surface area contributed by atoms with Gasteiger partial charge in [-0.1, -0.05) is 15.9 Å². The second-order valence-electron chi connectivity index (χ2n) is 5.50. The van der Waals surface area contributed by atoms with E-state index in [1.165, 1.54) is 12.8 Å². The number of hydrogen-bond donors (Lipinski definition) is 2. The highest BCUT2D eigenvalue weighted by Gasteiger charge is 2.42. The lowest BCUT2D eigenvalue weighted by Gasteiger charge is -2.33. The molecule has 0 aromatic heterocycles. The van der Waals surface area contributed by atoms with Gasteiger partial charge in [-0.05, 0) is 37.8 Å². The van der Waals surface area contributed by atoms with Gasteiger partial charge in [0.05, 0.1) is 10.5 Å². The first-order chi connectivity index (χ1) is 9.08. The number of benzene rings is 1. The average Bonchev–Trinajstić information content (AvgIpc) is 2.64. The summed E-state index contributed by atoms with van der Waals surface area (Å²) in [5, 5.41) is 18.1. The van der Waals surface area contributed by atoms with Gasteiger partial charge in [-0.2, -0.15) is 0 Å². The Hall–Kier alpha value is -1.14. The molecule has 0 spiro atoms. The largest absolute Gasteiger partial charge is 0.373 e. The Morgan fingerprint density at radius 3 is 3.16 bits per heavy atom. The van der Waals surface area contributed by atoms with E-state index in [9.17, 15) is 10.1 Å². The van der Waals surface area contributed by atoms with E-state index in [1.54, 1.807) is 18.2 Å². The molecule has 2 fully saturated rings. The number of hydrogen-bond acceptors (Lipinski definition) is 4. The Labute approximate surface area is 120 Å².